The first kappa shape index (κ1) is 26.8. The third-order valence-electron chi connectivity index (χ3n) is 9.08. The summed E-state index contributed by atoms with van der Waals surface area (Å²) in [5.74, 6) is 0. The van der Waals surface area contributed by atoms with E-state index in [1.165, 1.54) is 87.3 Å². The van der Waals surface area contributed by atoms with Crippen LogP contribution in [0.1, 0.15) is 76.7 Å². The molecule has 0 N–H and O–H groups in total. The fourth-order valence-corrected chi connectivity index (χ4v) is 6.68. The molecule has 2 heteroatoms. The van der Waals surface area contributed by atoms with Crippen LogP contribution < -0.4 is 0 Å². The van der Waals surface area contributed by atoms with Crippen molar-refractivity contribution in [2.24, 2.45) is 0 Å². The third-order valence-corrected chi connectivity index (χ3v) is 9.08. The van der Waals surface area contributed by atoms with E-state index in [0.717, 1.165) is 54.6 Å². The molecule has 0 saturated heterocycles. The standard InChI is InChI=1S/C40H40O2/c1-2-3-4-5-6-7-8-9-10-11-14-28-17-19-29(20-18-28)30-21-22-32-34-24-26-35-36(40(34)42-38(32)27-30)25-23-33-31-15-12-13-16-37(31)41-39(33)35/h12-13,15-27H,2-11,14H2,1H3. The molecular weight excluding hydrogens is 512 g/mol. The van der Waals surface area contributed by atoms with Crippen molar-refractivity contribution in [2.45, 2.75) is 77.6 Å². The number of benzene rings is 5. The van der Waals surface area contributed by atoms with E-state index < -0.39 is 0 Å². The van der Waals surface area contributed by atoms with Crippen molar-refractivity contribution in [1.82, 2.24) is 0 Å². The number of fused-ring (bicyclic) bond motifs is 9. The lowest BCUT2D eigenvalue weighted by molar-refractivity contribution is 0.556. The molecule has 5 aromatic carbocycles. The van der Waals surface area contributed by atoms with Crippen molar-refractivity contribution in [3.63, 3.8) is 0 Å². The molecule has 0 bridgehead atoms. The number of hydrogen-bond acceptors (Lipinski definition) is 2. The third kappa shape index (κ3) is 5.20. The maximum Gasteiger partial charge on any atom is 0.143 e. The summed E-state index contributed by atoms with van der Waals surface area (Å²) in [7, 11) is 0. The fraction of sp³-hybridized carbons (Fsp3) is 0.300. The number of aryl methyl sites for hydroxylation is 1. The van der Waals surface area contributed by atoms with Crippen LogP contribution in [0, 0.1) is 0 Å². The van der Waals surface area contributed by atoms with Gasteiger partial charge in [0.15, 0.2) is 0 Å². The summed E-state index contributed by atoms with van der Waals surface area (Å²) in [6.45, 7) is 2.29. The van der Waals surface area contributed by atoms with Gasteiger partial charge in [0.2, 0.25) is 0 Å². The summed E-state index contributed by atoms with van der Waals surface area (Å²) in [6, 6.07) is 32.7. The van der Waals surface area contributed by atoms with E-state index in [4.69, 9.17) is 8.83 Å². The van der Waals surface area contributed by atoms with Crippen LogP contribution in [0.25, 0.3) is 65.8 Å². The number of hydrogen-bond donors (Lipinski definition) is 0. The quantitative estimate of drug-likeness (QED) is 0.141. The second-order valence-corrected chi connectivity index (χ2v) is 12.0. The van der Waals surface area contributed by atoms with Gasteiger partial charge < -0.3 is 8.83 Å². The molecule has 0 radical (unpaired) electrons. The van der Waals surface area contributed by atoms with E-state index >= 15 is 0 Å². The molecule has 2 aromatic heterocycles. The maximum absolute atomic E-state index is 6.55. The predicted molar refractivity (Wildman–Crippen MR) is 179 cm³/mol. The van der Waals surface area contributed by atoms with Crippen molar-refractivity contribution >= 4 is 54.6 Å². The van der Waals surface area contributed by atoms with E-state index in [-0.39, 0.29) is 0 Å². The topological polar surface area (TPSA) is 26.3 Å². The smallest absolute Gasteiger partial charge is 0.143 e. The summed E-state index contributed by atoms with van der Waals surface area (Å²) in [5, 5.41) is 6.77. The van der Waals surface area contributed by atoms with Crippen LogP contribution in [0.4, 0.5) is 0 Å². The summed E-state index contributed by atoms with van der Waals surface area (Å²) in [5.41, 5.74) is 7.56. The monoisotopic (exact) mass is 552 g/mol. The zero-order valence-electron chi connectivity index (χ0n) is 24.8. The van der Waals surface area contributed by atoms with E-state index in [1.807, 2.05) is 12.1 Å². The first-order valence-corrected chi connectivity index (χ1v) is 16.1. The summed E-state index contributed by atoms with van der Waals surface area (Å²) >= 11 is 0. The Kier molecular flexibility index (Phi) is 7.70. The van der Waals surface area contributed by atoms with Gasteiger partial charge in [-0.05, 0) is 72.0 Å². The minimum atomic E-state index is 0.920. The molecule has 7 aromatic rings. The van der Waals surface area contributed by atoms with Crippen LogP contribution in [0.15, 0.2) is 99.8 Å². The van der Waals surface area contributed by atoms with Gasteiger partial charge in [-0.25, -0.2) is 0 Å². The summed E-state index contributed by atoms with van der Waals surface area (Å²) in [4.78, 5) is 0. The summed E-state index contributed by atoms with van der Waals surface area (Å²) in [6.07, 6.45) is 15.0. The van der Waals surface area contributed by atoms with Crippen LogP contribution in [0.3, 0.4) is 0 Å². The average molecular weight is 553 g/mol. The lowest BCUT2D eigenvalue weighted by Gasteiger charge is -2.06. The Bertz CT molecular complexity index is 1970. The Labute approximate surface area is 248 Å². The van der Waals surface area contributed by atoms with Gasteiger partial charge in [0.05, 0.1) is 0 Å². The number of furan rings is 2. The molecule has 0 aliphatic heterocycles. The highest BCUT2D eigenvalue weighted by atomic mass is 16.3. The second kappa shape index (κ2) is 12.1. The van der Waals surface area contributed by atoms with Crippen LogP contribution in [0.2, 0.25) is 0 Å². The molecule has 0 spiro atoms. The fourth-order valence-electron chi connectivity index (χ4n) is 6.68. The van der Waals surface area contributed by atoms with Crippen LogP contribution >= 0.6 is 0 Å². The molecule has 2 nitrogen and oxygen atoms in total. The first-order valence-electron chi connectivity index (χ1n) is 16.1. The number of para-hydroxylation sites is 1. The van der Waals surface area contributed by atoms with Gasteiger partial charge in [-0.15, -0.1) is 0 Å². The zero-order chi connectivity index (χ0) is 28.3. The SMILES string of the molecule is CCCCCCCCCCCCc1ccc(-c2ccc3c(c2)oc2c3ccc3c2ccc2c4ccccc4oc23)cc1. The molecule has 0 amide bonds. The highest BCUT2D eigenvalue weighted by molar-refractivity contribution is 6.22. The van der Waals surface area contributed by atoms with Gasteiger partial charge >= 0.3 is 0 Å². The molecule has 0 unspecified atom stereocenters. The minimum Gasteiger partial charge on any atom is -0.455 e. The Balaban J connectivity index is 1.05. The van der Waals surface area contributed by atoms with E-state index in [1.54, 1.807) is 0 Å². The zero-order valence-corrected chi connectivity index (χ0v) is 24.8. The average Bonchev–Trinajstić information content (AvgIpc) is 3.60. The molecule has 0 aliphatic carbocycles. The van der Waals surface area contributed by atoms with Crippen molar-refractivity contribution in [1.29, 1.82) is 0 Å². The highest BCUT2D eigenvalue weighted by Gasteiger charge is 2.15. The maximum atomic E-state index is 6.55. The van der Waals surface area contributed by atoms with Crippen LogP contribution in [-0.4, -0.2) is 0 Å². The van der Waals surface area contributed by atoms with E-state index in [9.17, 15) is 0 Å². The van der Waals surface area contributed by atoms with Crippen LogP contribution in [-0.2, 0) is 6.42 Å². The Morgan fingerprint density at radius 2 is 0.929 bits per heavy atom. The molecule has 7 rings (SSSR count). The molecule has 0 atom stereocenters. The number of unbranched alkanes of at least 4 members (excludes halogenated alkanes) is 9. The Morgan fingerprint density at radius 3 is 1.60 bits per heavy atom. The largest absolute Gasteiger partial charge is 0.455 e. The van der Waals surface area contributed by atoms with Gasteiger partial charge in [-0.1, -0.05) is 113 Å². The molecule has 0 fully saturated rings. The lowest BCUT2D eigenvalue weighted by atomic mass is 9.99. The van der Waals surface area contributed by atoms with Crippen LogP contribution in [0.5, 0.6) is 0 Å². The van der Waals surface area contributed by atoms with Crippen molar-refractivity contribution in [2.75, 3.05) is 0 Å². The molecule has 2 heterocycles. The molecular formula is C40H40O2. The first-order chi connectivity index (χ1) is 20.8. The van der Waals surface area contributed by atoms with E-state index in [0.29, 0.717) is 0 Å². The van der Waals surface area contributed by atoms with Gasteiger partial charge in [0.25, 0.3) is 0 Å². The lowest BCUT2D eigenvalue weighted by Crippen LogP contribution is -1.87. The molecule has 212 valence electrons. The molecule has 0 saturated carbocycles. The highest BCUT2D eigenvalue weighted by Crippen LogP contribution is 2.40. The Morgan fingerprint density at radius 1 is 0.429 bits per heavy atom. The molecule has 0 aliphatic rings. The number of rotatable bonds is 12. The predicted octanol–water partition coefficient (Wildman–Crippen LogP) is 12.8. The molecule has 42 heavy (non-hydrogen) atoms. The van der Waals surface area contributed by atoms with Gasteiger partial charge in [-0.2, -0.15) is 0 Å². The second-order valence-electron chi connectivity index (χ2n) is 12.0. The van der Waals surface area contributed by atoms with Gasteiger partial charge in [0, 0.05) is 32.3 Å². The summed E-state index contributed by atoms with van der Waals surface area (Å²) < 4.78 is 12.8. The van der Waals surface area contributed by atoms with Gasteiger partial charge in [-0.3, -0.25) is 0 Å². The Hall–Kier alpha value is -4.04. The van der Waals surface area contributed by atoms with Crippen molar-refractivity contribution < 1.29 is 8.83 Å². The van der Waals surface area contributed by atoms with Crippen molar-refractivity contribution in [3.05, 3.63) is 96.6 Å². The van der Waals surface area contributed by atoms with E-state index in [2.05, 4.69) is 85.8 Å². The minimum absolute atomic E-state index is 0.920. The van der Waals surface area contributed by atoms with Crippen molar-refractivity contribution in [3.8, 4) is 11.1 Å². The van der Waals surface area contributed by atoms with Gasteiger partial charge in [0.1, 0.15) is 22.3 Å². The normalized spacial score (nSPS) is 12.0.